The highest BCUT2D eigenvalue weighted by Gasteiger charge is 2.32. The maximum Gasteiger partial charge on any atom is 0.347 e. The predicted molar refractivity (Wildman–Crippen MR) is 523 cm³/mol. The van der Waals surface area contributed by atoms with E-state index in [2.05, 4.69) is 145 Å². The minimum Gasteiger partial charge on any atom is -0.423 e. The lowest BCUT2D eigenvalue weighted by molar-refractivity contribution is -0.130. The van der Waals surface area contributed by atoms with Crippen molar-refractivity contribution in [1.29, 1.82) is 5.26 Å². The molecule has 12 aromatic carbocycles. The van der Waals surface area contributed by atoms with E-state index in [1.807, 2.05) is 66.7 Å². The van der Waals surface area contributed by atoms with Crippen LogP contribution in [-0.4, -0.2) is 41.8 Å². The Hall–Kier alpha value is -14.4. The van der Waals surface area contributed by atoms with Gasteiger partial charge in [0.25, 0.3) is 0 Å². The van der Waals surface area contributed by atoms with Gasteiger partial charge >= 0.3 is 41.8 Å². The molecule has 16 heteroatoms. The molecule has 15 nitrogen and oxygen atoms in total. The van der Waals surface area contributed by atoms with Crippen LogP contribution < -0.4 is 33.2 Å². The zero-order valence-corrected chi connectivity index (χ0v) is 75.5. The van der Waals surface area contributed by atoms with Crippen LogP contribution in [0.2, 0.25) is 0 Å². The van der Waals surface area contributed by atoms with Gasteiger partial charge < -0.3 is 33.2 Å². The zero-order chi connectivity index (χ0) is 93.2. The molecule has 0 atom stereocenters. The molecule has 132 heavy (non-hydrogen) atoms. The molecule has 0 aromatic heterocycles. The van der Waals surface area contributed by atoms with Crippen molar-refractivity contribution in [2.24, 2.45) is 11.8 Å². The Kier molecular flexibility index (Phi) is 33.3. The number of rotatable bonds is 31. The number of nitrogens with zero attached hydrogens (tertiary/aromatic N) is 1. The molecular formula is C116H112FNO14. The largest absolute Gasteiger partial charge is 0.423 e. The second-order valence-electron chi connectivity index (χ2n) is 34.0. The molecule has 0 bridgehead atoms. The van der Waals surface area contributed by atoms with Crippen LogP contribution in [-0.2, 0) is 35.2 Å². The summed E-state index contributed by atoms with van der Waals surface area (Å²) in [5.74, 6) is -1.63. The highest BCUT2D eigenvalue weighted by atomic mass is 19.1. The molecule has 0 amide bonds. The van der Waals surface area contributed by atoms with Gasteiger partial charge in [-0.05, 0) is 227 Å². The first-order chi connectivity index (χ1) is 64.3. The fraction of sp³-hybridized carbons (Fsp3) is 0.259. The van der Waals surface area contributed by atoms with Crippen molar-refractivity contribution in [3.8, 4) is 102 Å². The van der Waals surface area contributed by atoms with Crippen LogP contribution in [0.1, 0.15) is 212 Å². The van der Waals surface area contributed by atoms with Crippen LogP contribution >= 0.6 is 0 Å². The molecule has 3 aliphatic carbocycles. The standard InChI is InChI=1S/C48H56O4.C38H37FO4.C30H19NO6/c1-5-9-11-33-13-17-35(18-14-33)36-21-23-37(24-22-36)38-25-27-39(28-26-38)41-29-30-42-44(31-41)45(51-46(49)7-3)32-43(48(42)52-47(50)8-4)40-19-15-34(16-20-40)12-10-6-2;1-4-7-11-25-14-16-28(17-15-25)30-22-23-31(29-20-18-27(19-21-29)26-12-9-8-10-13-26)37-36(30)33(42-34(40)5-2)24-32(39)38(37)43-35(41)6-3;1-3-27(32)36-26-17-25(29(37-28(33)4-2)24-8-6-5-7-23(24)26)30(34)35-22-15-13-21(14-16-22)20-11-9-19(18-31)10-12-20/h7-8,21-35,40H,3-6,9-20H2,1-2H3;5-6,14-24,26H,2-4,7-13H2,1H3;3-17H,1-2H2. The number of hydrogen-bond acceptors (Lipinski definition) is 15. The van der Waals surface area contributed by atoms with Gasteiger partial charge in [0.15, 0.2) is 17.3 Å². The first-order valence-electron chi connectivity index (χ1n) is 46.0. The van der Waals surface area contributed by atoms with Gasteiger partial charge in [0.2, 0.25) is 0 Å². The second-order valence-corrected chi connectivity index (χ2v) is 34.0. The molecular weight excluding hydrogens is 1650 g/mol. The third-order valence-corrected chi connectivity index (χ3v) is 25.4. The normalized spacial score (nSPS) is 15.2. The molecule has 3 saturated carbocycles. The van der Waals surface area contributed by atoms with Crippen molar-refractivity contribution >= 4 is 74.1 Å². The molecule has 0 spiro atoms. The molecule has 15 rings (SSSR count). The van der Waals surface area contributed by atoms with E-state index in [0.29, 0.717) is 67.0 Å². The number of ether oxygens (including phenoxy) is 7. The van der Waals surface area contributed by atoms with E-state index in [-0.39, 0.29) is 40.2 Å². The Bertz CT molecular complexity index is 6280. The lowest BCUT2D eigenvalue weighted by Gasteiger charge is -2.30. The van der Waals surface area contributed by atoms with Gasteiger partial charge in [0, 0.05) is 80.4 Å². The number of esters is 7. The third kappa shape index (κ3) is 23.8. The fourth-order valence-corrected chi connectivity index (χ4v) is 18.3. The lowest BCUT2D eigenvalue weighted by atomic mass is 9.76. The van der Waals surface area contributed by atoms with Crippen molar-refractivity contribution < 1.29 is 71.1 Å². The Labute approximate surface area is 773 Å². The number of halogens is 1. The van der Waals surface area contributed by atoms with Crippen molar-refractivity contribution in [2.75, 3.05) is 0 Å². The second kappa shape index (κ2) is 46.2. The molecule has 3 fully saturated rings. The Morgan fingerprint density at radius 3 is 1.29 bits per heavy atom. The van der Waals surface area contributed by atoms with E-state index in [0.717, 1.165) is 131 Å². The van der Waals surface area contributed by atoms with Crippen molar-refractivity contribution in [2.45, 2.75) is 180 Å². The summed E-state index contributed by atoms with van der Waals surface area (Å²) in [5.41, 5.74) is 14.5. The van der Waals surface area contributed by atoms with Gasteiger partial charge in [-0.15, -0.1) is 0 Å². The first kappa shape index (κ1) is 95.2. The minimum absolute atomic E-state index is 0.0153. The van der Waals surface area contributed by atoms with E-state index in [1.54, 1.807) is 60.7 Å². The van der Waals surface area contributed by atoms with Crippen molar-refractivity contribution in [3.05, 3.63) is 334 Å². The van der Waals surface area contributed by atoms with Crippen molar-refractivity contribution in [1.82, 2.24) is 0 Å². The summed E-state index contributed by atoms with van der Waals surface area (Å²) in [6.45, 7) is 27.8. The highest BCUT2D eigenvalue weighted by Crippen LogP contribution is 2.51. The average molecular weight is 1760 g/mol. The molecule has 672 valence electrons. The van der Waals surface area contributed by atoms with Gasteiger partial charge in [-0.3, -0.25) is 0 Å². The van der Waals surface area contributed by atoms with E-state index in [9.17, 15) is 33.6 Å². The molecule has 0 radical (unpaired) electrons. The summed E-state index contributed by atoms with van der Waals surface area (Å²) in [7, 11) is 0. The van der Waals surface area contributed by atoms with Gasteiger partial charge in [-0.25, -0.2) is 38.0 Å². The molecule has 0 N–H and O–H groups in total. The van der Waals surface area contributed by atoms with Crippen molar-refractivity contribution in [3.63, 3.8) is 0 Å². The Morgan fingerprint density at radius 2 is 0.773 bits per heavy atom. The maximum atomic E-state index is 15.8. The molecule has 0 saturated heterocycles. The van der Waals surface area contributed by atoms with Crippen LogP contribution in [0.5, 0.6) is 40.2 Å². The number of carbonyl (C=O) groups is 7. The number of nitriles is 1. The van der Waals surface area contributed by atoms with E-state index in [1.165, 1.54) is 142 Å². The number of carbonyl (C=O) groups excluding carboxylic acids is 7. The topological polar surface area (TPSA) is 208 Å². The van der Waals surface area contributed by atoms with Crippen LogP contribution in [0.3, 0.4) is 0 Å². The monoisotopic (exact) mass is 1760 g/mol. The lowest BCUT2D eigenvalue weighted by Crippen LogP contribution is -2.16. The number of aryl methyl sites for hydroxylation is 1. The Balaban J connectivity index is 0.000000171. The number of fused-ring (bicyclic) bond motifs is 3. The van der Waals surface area contributed by atoms with Crippen LogP contribution in [0.25, 0.3) is 88.0 Å². The molecule has 3 aliphatic rings. The number of benzene rings is 12. The SMILES string of the molecule is C=CC(=O)Oc1cc(C(=O)Oc2ccc(-c3ccc(C#N)cc3)cc2)c(OC(=O)C=C)c2ccccc12.C=CC(=O)Oc1cc(C2CCC(CCCC)CC2)c(OC(=O)C=C)c2ccc(-c3ccc(-c4ccc(C5CCC(CCCC)CC5)cc4)cc3)cc12.C=CC(=O)Oc1cc(F)c(OC(=O)C=C)c2c(-c3ccc(C4CCCCC4)cc3)ccc(-c3ccc(CCCC)cc3)c12. The van der Waals surface area contributed by atoms with E-state index >= 15 is 4.39 Å². The summed E-state index contributed by atoms with van der Waals surface area (Å²) in [6.07, 6.45) is 33.1. The number of unbranched alkanes of at least 4 members (excludes halogenated alkanes) is 3. The van der Waals surface area contributed by atoms with Crippen LogP contribution in [0, 0.1) is 29.0 Å². The van der Waals surface area contributed by atoms with E-state index < -0.39 is 47.6 Å². The summed E-state index contributed by atoms with van der Waals surface area (Å²) in [4.78, 5) is 87.4. The fourth-order valence-electron chi connectivity index (χ4n) is 18.3. The van der Waals surface area contributed by atoms with Gasteiger partial charge in [-0.1, -0.05) is 288 Å². The van der Waals surface area contributed by atoms with E-state index in [4.69, 9.17) is 38.4 Å². The third-order valence-electron chi connectivity index (χ3n) is 25.4. The summed E-state index contributed by atoms with van der Waals surface area (Å²) < 4.78 is 55.2. The van der Waals surface area contributed by atoms with Gasteiger partial charge in [0.05, 0.1) is 11.6 Å². The van der Waals surface area contributed by atoms with Crippen LogP contribution in [0.15, 0.2) is 294 Å². The summed E-state index contributed by atoms with van der Waals surface area (Å²) in [5, 5.41) is 12.0. The quantitative estimate of drug-likeness (QED) is 0.0225. The maximum absolute atomic E-state index is 15.8. The smallest absolute Gasteiger partial charge is 0.347 e. The van der Waals surface area contributed by atoms with Gasteiger partial charge in [0.1, 0.15) is 34.3 Å². The molecule has 0 heterocycles. The minimum atomic E-state index is -0.834. The van der Waals surface area contributed by atoms with Crippen LogP contribution in [0.4, 0.5) is 4.39 Å². The zero-order valence-electron chi connectivity index (χ0n) is 75.5. The molecule has 0 unspecified atom stereocenters. The predicted octanol–water partition coefficient (Wildman–Crippen LogP) is 29.0. The summed E-state index contributed by atoms with van der Waals surface area (Å²) >= 11 is 0. The average Bonchev–Trinajstić information content (AvgIpc) is 0.734. The summed E-state index contributed by atoms with van der Waals surface area (Å²) in [6, 6.07) is 71.1. The first-order valence-corrected chi connectivity index (χ1v) is 46.0. The highest BCUT2D eigenvalue weighted by molar-refractivity contribution is 6.13. The molecule has 12 aromatic rings. The number of hydrogen-bond donors (Lipinski definition) is 0. The Morgan fingerprint density at radius 1 is 0.364 bits per heavy atom. The molecule has 0 aliphatic heterocycles. The van der Waals surface area contributed by atoms with Gasteiger partial charge in [-0.2, -0.15) is 5.26 Å².